The molecule has 24 heavy (non-hydrogen) atoms. The van der Waals surface area contributed by atoms with Crippen molar-refractivity contribution in [2.75, 3.05) is 0 Å². The maximum Gasteiger partial charge on any atom is 0.309 e. The number of esters is 1. The molecule has 134 valence electrons. The number of rotatable bonds is 1. The Balaban J connectivity index is 1.75. The molecule has 0 amide bonds. The quantitative estimate of drug-likeness (QED) is 0.731. The first-order chi connectivity index (χ1) is 11.1. The van der Waals surface area contributed by atoms with E-state index in [0.29, 0.717) is 12.3 Å². The standard InChI is InChI=1S/C20H30O4/c1-17-9-5-14-18(2)7-4-8-19(3,16(22)23)13(18)6-10-20(14,12-17)11-15(21)24-17/h13-14H,4-12H2,1-3H3,(H,22,23)/t13-,14-,17+,18-,19+,20+/m1/s1. The Hall–Kier alpha value is -1.06. The van der Waals surface area contributed by atoms with E-state index in [1.807, 2.05) is 6.92 Å². The first-order valence-corrected chi connectivity index (χ1v) is 9.59. The Bertz CT molecular complexity index is 600. The van der Waals surface area contributed by atoms with Crippen LogP contribution in [0.3, 0.4) is 0 Å². The molecule has 4 nitrogen and oxygen atoms in total. The Labute approximate surface area is 144 Å². The van der Waals surface area contributed by atoms with Crippen LogP contribution in [0.1, 0.15) is 78.6 Å². The van der Waals surface area contributed by atoms with Crippen molar-refractivity contribution in [3.05, 3.63) is 0 Å². The van der Waals surface area contributed by atoms with E-state index in [0.717, 1.165) is 51.4 Å². The van der Waals surface area contributed by atoms with Crippen LogP contribution >= 0.6 is 0 Å². The topological polar surface area (TPSA) is 63.6 Å². The van der Waals surface area contributed by atoms with Gasteiger partial charge in [0.1, 0.15) is 5.60 Å². The number of carbonyl (C=O) groups is 2. The molecule has 1 aliphatic heterocycles. The summed E-state index contributed by atoms with van der Waals surface area (Å²) in [7, 11) is 0. The molecule has 4 rings (SSSR count). The van der Waals surface area contributed by atoms with Crippen LogP contribution < -0.4 is 0 Å². The first kappa shape index (κ1) is 16.4. The minimum absolute atomic E-state index is 0.0349. The molecule has 0 unspecified atom stereocenters. The first-order valence-electron chi connectivity index (χ1n) is 9.59. The molecule has 0 aromatic rings. The molecule has 6 atom stereocenters. The molecule has 3 aliphatic carbocycles. The molecule has 4 fully saturated rings. The highest BCUT2D eigenvalue weighted by molar-refractivity contribution is 5.75. The monoisotopic (exact) mass is 334 g/mol. The average Bonchev–Trinajstić information content (AvgIpc) is 2.44. The molecule has 0 radical (unpaired) electrons. The highest BCUT2D eigenvalue weighted by Crippen LogP contribution is 2.70. The van der Waals surface area contributed by atoms with Crippen molar-refractivity contribution in [2.45, 2.75) is 84.2 Å². The number of hydrogen-bond donors (Lipinski definition) is 1. The van der Waals surface area contributed by atoms with Crippen molar-refractivity contribution >= 4 is 11.9 Å². The van der Waals surface area contributed by atoms with E-state index in [1.54, 1.807) is 0 Å². The van der Waals surface area contributed by atoms with Crippen molar-refractivity contribution in [2.24, 2.45) is 28.1 Å². The predicted octanol–water partition coefficient (Wildman–Crippen LogP) is 4.17. The molecule has 1 spiro atoms. The number of hydrogen-bond acceptors (Lipinski definition) is 3. The van der Waals surface area contributed by atoms with E-state index in [2.05, 4.69) is 13.8 Å². The van der Waals surface area contributed by atoms with Gasteiger partial charge in [0.05, 0.1) is 11.8 Å². The molecule has 4 heteroatoms. The zero-order valence-electron chi connectivity index (χ0n) is 15.2. The van der Waals surface area contributed by atoms with E-state index in [1.165, 1.54) is 0 Å². The number of carbonyl (C=O) groups excluding carboxylic acids is 1. The van der Waals surface area contributed by atoms with Gasteiger partial charge in [-0.1, -0.05) is 13.3 Å². The van der Waals surface area contributed by atoms with E-state index in [9.17, 15) is 14.7 Å². The van der Waals surface area contributed by atoms with Crippen LogP contribution in [0.25, 0.3) is 0 Å². The third kappa shape index (κ3) is 1.97. The lowest BCUT2D eigenvalue weighted by Gasteiger charge is -2.66. The smallest absolute Gasteiger partial charge is 0.309 e. The highest BCUT2D eigenvalue weighted by atomic mass is 16.6. The summed E-state index contributed by atoms with van der Waals surface area (Å²) < 4.78 is 5.70. The molecule has 1 heterocycles. The summed E-state index contributed by atoms with van der Waals surface area (Å²) in [6.45, 7) is 6.41. The summed E-state index contributed by atoms with van der Waals surface area (Å²) in [5, 5.41) is 9.93. The third-order valence-corrected chi connectivity index (χ3v) is 8.48. The number of fused-ring (bicyclic) bond motifs is 3. The van der Waals surface area contributed by atoms with Gasteiger partial charge >= 0.3 is 11.9 Å². The molecule has 1 saturated heterocycles. The van der Waals surface area contributed by atoms with Gasteiger partial charge in [0.2, 0.25) is 0 Å². The minimum atomic E-state index is -0.627. The van der Waals surface area contributed by atoms with Gasteiger partial charge in [0, 0.05) is 0 Å². The summed E-state index contributed by atoms with van der Waals surface area (Å²) in [6, 6.07) is 0. The largest absolute Gasteiger partial charge is 0.481 e. The van der Waals surface area contributed by atoms with E-state index < -0.39 is 11.4 Å². The Morgan fingerprint density at radius 1 is 1.08 bits per heavy atom. The predicted molar refractivity (Wildman–Crippen MR) is 89.3 cm³/mol. The van der Waals surface area contributed by atoms with Gasteiger partial charge in [-0.25, -0.2) is 0 Å². The zero-order chi connectivity index (χ0) is 17.4. The fraction of sp³-hybridized carbons (Fsp3) is 0.900. The normalized spacial score (nSPS) is 53.5. The van der Waals surface area contributed by atoms with Crippen molar-refractivity contribution in [1.82, 2.24) is 0 Å². The van der Waals surface area contributed by atoms with Crippen LogP contribution in [-0.4, -0.2) is 22.6 Å². The highest BCUT2D eigenvalue weighted by Gasteiger charge is 2.66. The molecule has 0 aromatic heterocycles. The molecule has 1 N–H and O–H groups in total. The third-order valence-electron chi connectivity index (χ3n) is 8.48. The van der Waals surface area contributed by atoms with Crippen LogP contribution in [0, 0.1) is 28.1 Å². The van der Waals surface area contributed by atoms with Crippen molar-refractivity contribution < 1.29 is 19.4 Å². The van der Waals surface area contributed by atoms with Gasteiger partial charge in [-0.3, -0.25) is 9.59 Å². The van der Waals surface area contributed by atoms with E-state index in [4.69, 9.17) is 4.74 Å². The average molecular weight is 334 g/mol. The van der Waals surface area contributed by atoms with Crippen LogP contribution in [-0.2, 0) is 14.3 Å². The van der Waals surface area contributed by atoms with Crippen molar-refractivity contribution in [3.8, 4) is 0 Å². The summed E-state index contributed by atoms with van der Waals surface area (Å²) in [6.07, 6.45) is 8.35. The number of aliphatic carboxylic acids is 1. The second-order valence-corrected chi connectivity index (χ2v) is 9.90. The molecular weight excluding hydrogens is 304 g/mol. The number of ether oxygens (including phenoxy) is 1. The molecule has 3 saturated carbocycles. The second-order valence-electron chi connectivity index (χ2n) is 9.90. The van der Waals surface area contributed by atoms with Gasteiger partial charge in [0.15, 0.2) is 0 Å². The van der Waals surface area contributed by atoms with Crippen LogP contribution in [0.4, 0.5) is 0 Å². The van der Waals surface area contributed by atoms with Gasteiger partial charge in [-0.15, -0.1) is 0 Å². The molecule has 0 aromatic carbocycles. The number of carboxylic acids is 1. The zero-order valence-corrected chi connectivity index (χ0v) is 15.2. The summed E-state index contributed by atoms with van der Waals surface area (Å²) in [4.78, 5) is 24.4. The fourth-order valence-corrected chi connectivity index (χ4v) is 7.63. The molecular formula is C20H30O4. The molecule has 2 bridgehead atoms. The van der Waals surface area contributed by atoms with Gasteiger partial charge < -0.3 is 9.84 Å². The van der Waals surface area contributed by atoms with Gasteiger partial charge in [-0.05, 0) is 81.5 Å². The lowest BCUT2D eigenvalue weighted by molar-refractivity contribution is -0.230. The Morgan fingerprint density at radius 2 is 1.79 bits per heavy atom. The van der Waals surface area contributed by atoms with Crippen LogP contribution in [0.5, 0.6) is 0 Å². The lowest BCUT2D eigenvalue weighted by Crippen LogP contribution is -2.63. The summed E-state index contributed by atoms with van der Waals surface area (Å²) in [5.74, 6) is 0.0308. The van der Waals surface area contributed by atoms with Gasteiger partial charge in [0.25, 0.3) is 0 Å². The van der Waals surface area contributed by atoms with E-state index >= 15 is 0 Å². The Kier molecular flexibility index (Phi) is 3.26. The summed E-state index contributed by atoms with van der Waals surface area (Å²) >= 11 is 0. The summed E-state index contributed by atoms with van der Waals surface area (Å²) in [5.41, 5.74) is -0.808. The SMILES string of the molecule is C[C@@]12CC[C@H]3[C@@](CC[C@@H]4[C@@]3(C)CCC[C@]4(C)C(=O)O)(CC(=O)O1)C2. The maximum absolute atomic E-state index is 12.3. The number of carboxylic acid groups (broad SMARTS) is 1. The minimum Gasteiger partial charge on any atom is -0.481 e. The second kappa shape index (κ2) is 4.76. The fourth-order valence-electron chi connectivity index (χ4n) is 7.63. The maximum atomic E-state index is 12.3. The van der Waals surface area contributed by atoms with Gasteiger partial charge in [-0.2, -0.15) is 0 Å². The Morgan fingerprint density at radius 3 is 2.50 bits per heavy atom. The molecule has 4 aliphatic rings. The van der Waals surface area contributed by atoms with Crippen LogP contribution in [0.2, 0.25) is 0 Å². The lowest BCUT2D eigenvalue weighted by atomic mass is 9.39. The van der Waals surface area contributed by atoms with E-state index in [-0.39, 0.29) is 28.3 Å². The van der Waals surface area contributed by atoms with Crippen molar-refractivity contribution in [1.29, 1.82) is 0 Å². The van der Waals surface area contributed by atoms with Crippen LogP contribution in [0.15, 0.2) is 0 Å². The van der Waals surface area contributed by atoms with Crippen molar-refractivity contribution in [3.63, 3.8) is 0 Å².